The van der Waals surface area contributed by atoms with Crippen LogP contribution in [-0.4, -0.2) is 21.4 Å². The highest BCUT2D eigenvalue weighted by Gasteiger charge is 2.30. The lowest BCUT2D eigenvalue weighted by molar-refractivity contribution is -0.137. The zero-order valence-electron chi connectivity index (χ0n) is 15.9. The van der Waals surface area contributed by atoms with Crippen LogP contribution in [0.25, 0.3) is 11.4 Å². The second-order valence-electron chi connectivity index (χ2n) is 7.25. The molecule has 1 aromatic heterocycles. The summed E-state index contributed by atoms with van der Waals surface area (Å²) in [7, 11) is 0. The maximum atomic E-state index is 13.4. The number of hydrogen-bond acceptors (Lipinski definition) is 3. The fraction of sp³-hybridized carbons (Fsp3) is 0.238. The van der Waals surface area contributed by atoms with E-state index in [2.05, 4.69) is 9.97 Å². The third kappa shape index (κ3) is 4.34. The molecule has 0 saturated carbocycles. The molecule has 10 heteroatoms. The van der Waals surface area contributed by atoms with E-state index in [9.17, 15) is 31.1 Å². The molecule has 0 amide bonds. The standard InChI is InChI=1S/C21H15F6N3O/c22-15-7-11(8-16(23)18(15)24)9-30-6-5-17-14(10-30)20(31)29-19(28-17)12-1-3-13(4-2-12)21(25,26)27/h1-4,7-8H,5-6,9-10H2,(H,28,29,31). The van der Waals surface area contributed by atoms with Crippen molar-refractivity contribution in [2.45, 2.75) is 25.7 Å². The van der Waals surface area contributed by atoms with Crippen molar-refractivity contribution in [2.75, 3.05) is 6.54 Å². The van der Waals surface area contributed by atoms with Gasteiger partial charge in [-0.3, -0.25) is 9.69 Å². The Morgan fingerprint density at radius 1 is 1.03 bits per heavy atom. The number of rotatable bonds is 3. The molecule has 162 valence electrons. The van der Waals surface area contributed by atoms with Crippen LogP contribution in [0.5, 0.6) is 0 Å². The van der Waals surface area contributed by atoms with Gasteiger partial charge in [0.2, 0.25) is 0 Å². The number of nitrogens with zero attached hydrogens (tertiary/aromatic N) is 2. The molecule has 1 aliphatic heterocycles. The van der Waals surface area contributed by atoms with Crippen LogP contribution in [0.15, 0.2) is 41.2 Å². The number of aromatic nitrogens is 2. The van der Waals surface area contributed by atoms with Gasteiger partial charge in [-0.2, -0.15) is 13.2 Å². The van der Waals surface area contributed by atoms with Gasteiger partial charge in [0, 0.05) is 31.6 Å². The lowest BCUT2D eigenvalue weighted by Crippen LogP contribution is -2.35. The van der Waals surface area contributed by atoms with Crippen molar-refractivity contribution < 1.29 is 26.3 Å². The van der Waals surface area contributed by atoms with Crippen LogP contribution < -0.4 is 5.56 Å². The fourth-order valence-electron chi connectivity index (χ4n) is 3.53. The lowest BCUT2D eigenvalue weighted by atomic mass is 10.0. The van der Waals surface area contributed by atoms with E-state index in [0.29, 0.717) is 29.8 Å². The second kappa shape index (κ2) is 7.84. The SMILES string of the molecule is O=c1[nH]c(-c2ccc(C(F)(F)F)cc2)nc2c1CN(Cc1cc(F)c(F)c(F)c1)CC2. The molecule has 4 rings (SSSR count). The summed E-state index contributed by atoms with van der Waals surface area (Å²) in [5, 5.41) is 0. The molecule has 0 saturated heterocycles. The van der Waals surface area contributed by atoms with Crippen molar-refractivity contribution in [3.05, 3.63) is 86.6 Å². The van der Waals surface area contributed by atoms with Gasteiger partial charge in [0.05, 0.1) is 16.8 Å². The highest BCUT2D eigenvalue weighted by molar-refractivity contribution is 5.56. The number of aromatic amines is 1. The Morgan fingerprint density at radius 2 is 1.68 bits per heavy atom. The van der Waals surface area contributed by atoms with Crippen molar-refractivity contribution in [3.63, 3.8) is 0 Å². The first-order valence-corrected chi connectivity index (χ1v) is 9.27. The number of alkyl halides is 3. The van der Waals surface area contributed by atoms with Gasteiger partial charge in [0.15, 0.2) is 17.5 Å². The molecule has 0 radical (unpaired) electrons. The summed E-state index contributed by atoms with van der Waals surface area (Å²) >= 11 is 0. The number of benzene rings is 2. The summed E-state index contributed by atoms with van der Waals surface area (Å²) in [4.78, 5) is 21.3. The van der Waals surface area contributed by atoms with Crippen LogP contribution in [0.3, 0.4) is 0 Å². The van der Waals surface area contributed by atoms with Crippen molar-refractivity contribution in [1.29, 1.82) is 0 Å². The first kappa shape index (κ1) is 21.1. The van der Waals surface area contributed by atoms with E-state index in [1.54, 1.807) is 4.90 Å². The summed E-state index contributed by atoms with van der Waals surface area (Å²) in [6.07, 6.45) is -4.10. The zero-order chi connectivity index (χ0) is 22.3. The average Bonchev–Trinajstić information content (AvgIpc) is 2.72. The number of H-pyrrole nitrogens is 1. The zero-order valence-corrected chi connectivity index (χ0v) is 15.9. The van der Waals surface area contributed by atoms with Gasteiger partial charge >= 0.3 is 6.18 Å². The minimum Gasteiger partial charge on any atom is -0.306 e. The van der Waals surface area contributed by atoms with Crippen molar-refractivity contribution >= 4 is 0 Å². The Labute approximate surface area is 172 Å². The quantitative estimate of drug-likeness (QED) is 0.485. The third-order valence-electron chi connectivity index (χ3n) is 5.08. The van der Waals surface area contributed by atoms with Crippen LogP contribution in [-0.2, 0) is 25.7 Å². The molecule has 0 atom stereocenters. The largest absolute Gasteiger partial charge is 0.416 e. The van der Waals surface area contributed by atoms with Gasteiger partial charge in [-0.05, 0) is 29.8 Å². The summed E-state index contributed by atoms with van der Waals surface area (Å²) in [5.74, 6) is -3.95. The molecule has 0 spiro atoms. The molecule has 0 aliphatic carbocycles. The van der Waals surface area contributed by atoms with Crippen molar-refractivity contribution in [2.24, 2.45) is 0 Å². The van der Waals surface area contributed by atoms with Crippen LogP contribution in [0.1, 0.15) is 22.4 Å². The van der Waals surface area contributed by atoms with Crippen LogP contribution >= 0.6 is 0 Å². The Balaban J connectivity index is 1.56. The monoisotopic (exact) mass is 439 g/mol. The van der Waals surface area contributed by atoms with Gasteiger partial charge < -0.3 is 4.98 Å². The minimum atomic E-state index is -4.46. The number of nitrogens with one attached hydrogen (secondary N) is 1. The predicted octanol–water partition coefficient (Wildman–Crippen LogP) is 4.43. The van der Waals surface area contributed by atoms with E-state index in [1.807, 2.05) is 0 Å². The first-order chi connectivity index (χ1) is 14.6. The molecule has 31 heavy (non-hydrogen) atoms. The smallest absolute Gasteiger partial charge is 0.306 e. The Morgan fingerprint density at radius 3 is 2.29 bits per heavy atom. The van der Waals surface area contributed by atoms with Gasteiger partial charge in [0.1, 0.15) is 5.82 Å². The molecule has 2 aromatic carbocycles. The van der Waals surface area contributed by atoms with E-state index in [0.717, 1.165) is 24.3 Å². The second-order valence-corrected chi connectivity index (χ2v) is 7.25. The molecule has 0 unspecified atom stereocenters. The predicted molar refractivity (Wildman–Crippen MR) is 99.4 cm³/mol. The van der Waals surface area contributed by atoms with Crippen molar-refractivity contribution in [1.82, 2.24) is 14.9 Å². The normalized spacial score (nSPS) is 14.5. The lowest BCUT2D eigenvalue weighted by Gasteiger charge is -2.27. The maximum absolute atomic E-state index is 13.4. The summed E-state index contributed by atoms with van der Waals surface area (Å²) in [5.41, 5.74) is 0.191. The first-order valence-electron chi connectivity index (χ1n) is 9.27. The average molecular weight is 439 g/mol. The molecule has 0 bridgehead atoms. The fourth-order valence-corrected chi connectivity index (χ4v) is 3.53. The van der Waals surface area contributed by atoms with E-state index in [4.69, 9.17) is 0 Å². The van der Waals surface area contributed by atoms with E-state index in [-0.39, 0.29) is 24.5 Å². The van der Waals surface area contributed by atoms with Crippen LogP contribution in [0.2, 0.25) is 0 Å². The molecule has 1 N–H and O–H groups in total. The highest BCUT2D eigenvalue weighted by Crippen LogP contribution is 2.30. The highest BCUT2D eigenvalue weighted by atomic mass is 19.4. The van der Waals surface area contributed by atoms with E-state index >= 15 is 0 Å². The van der Waals surface area contributed by atoms with E-state index in [1.165, 1.54) is 12.1 Å². The Kier molecular flexibility index (Phi) is 5.34. The van der Waals surface area contributed by atoms with Gasteiger partial charge in [-0.15, -0.1) is 0 Å². The topological polar surface area (TPSA) is 49.0 Å². The number of hydrogen-bond donors (Lipinski definition) is 1. The number of fused-ring (bicyclic) bond motifs is 1. The Hall–Kier alpha value is -3.14. The van der Waals surface area contributed by atoms with E-state index < -0.39 is 34.8 Å². The molecule has 3 aromatic rings. The summed E-state index contributed by atoms with van der Waals surface area (Å²) in [6, 6.07) is 6.11. The van der Waals surface area contributed by atoms with Crippen LogP contribution in [0, 0.1) is 17.5 Å². The molecule has 0 fully saturated rings. The number of halogens is 6. The maximum Gasteiger partial charge on any atom is 0.416 e. The minimum absolute atomic E-state index is 0.105. The molecule has 4 nitrogen and oxygen atoms in total. The molecule has 2 heterocycles. The molecular formula is C21H15F6N3O. The Bertz CT molecular complexity index is 1160. The van der Waals surface area contributed by atoms with Crippen molar-refractivity contribution in [3.8, 4) is 11.4 Å². The van der Waals surface area contributed by atoms with Gasteiger partial charge in [-0.25, -0.2) is 18.2 Å². The van der Waals surface area contributed by atoms with Gasteiger partial charge in [-0.1, -0.05) is 12.1 Å². The van der Waals surface area contributed by atoms with Crippen LogP contribution in [0.4, 0.5) is 26.3 Å². The summed E-state index contributed by atoms with van der Waals surface area (Å²) in [6.45, 7) is 0.690. The van der Waals surface area contributed by atoms with Gasteiger partial charge in [0.25, 0.3) is 5.56 Å². The summed E-state index contributed by atoms with van der Waals surface area (Å²) < 4.78 is 78.2. The molecule has 1 aliphatic rings. The molecular weight excluding hydrogens is 424 g/mol. The third-order valence-corrected chi connectivity index (χ3v) is 5.08.